The van der Waals surface area contributed by atoms with Crippen molar-refractivity contribution in [1.29, 1.82) is 0 Å². The number of carbonyl (C=O) groups excluding carboxylic acids is 1. The summed E-state index contributed by atoms with van der Waals surface area (Å²) in [6, 6.07) is 0. The monoisotopic (exact) mass is 220 g/mol. The van der Waals surface area contributed by atoms with Crippen molar-refractivity contribution in [3.05, 3.63) is 11.8 Å². The molecule has 1 atom stereocenters. The second-order valence-corrected chi connectivity index (χ2v) is 3.00. The molecule has 0 aromatic rings. The molecule has 74 valence electrons. The van der Waals surface area contributed by atoms with Crippen molar-refractivity contribution in [2.45, 2.75) is 26.9 Å². The zero-order valence-electron chi connectivity index (χ0n) is 8.50. The minimum atomic E-state index is -0.410. The first kappa shape index (κ1) is 15.4. The molecule has 0 fully saturated rings. The van der Waals surface area contributed by atoms with Crippen LogP contribution in [0.15, 0.2) is 11.8 Å². The smallest absolute Gasteiger partial charge is 0.161 e. The summed E-state index contributed by atoms with van der Waals surface area (Å²) < 4.78 is 4.82. The maximum Gasteiger partial charge on any atom is 0.161 e. The Morgan fingerprint density at radius 1 is 1.38 bits per heavy atom. The van der Waals surface area contributed by atoms with Crippen molar-refractivity contribution in [3.8, 4) is 0 Å². The predicted molar refractivity (Wildman–Crippen MR) is 47.0 cm³/mol. The number of allylic oxidation sites excluding steroid dienone is 1. The van der Waals surface area contributed by atoms with Gasteiger partial charge < -0.3 is 9.84 Å². The van der Waals surface area contributed by atoms with Gasteiger partial charge in [-0.1, -0.05) is 13.8 Å². The molecule has 1 unspecified atom stereocenters. The van der Waals surface area contributed by atoms with Crippen LogP contribution in [0.5, 0.6) is 0 Å². The quantitative estimate of drug-likeness (QED) is 0.445. The minimum Gasteiger partial charge on any atom is -0.509 e. The number of ether oxygens (including phenoxy) is 1. The first-order valence-corrected chi connectivity index (χ1v) is 3.96. The Hall–Kier alpha value is -0.116. The molecule has 1 N–H and O–H groups in total. The average Bonchev–Trinajstić information content (AvgIpc) is 2.02. The number of hydrogen-bond donors (Lipinski definition) is 1. The molecular weight excluding hydrogens is 204 g/mol. The maximum atomic E-state index is 11.1. The number of aliphatic hydroxyl groups is 1. The van der Waals surface area contributed by atoms with Crippen LogP contribution in [0.2, 0.25) is 0 Å². The molecule has 0 aromatic heterocycles. The number of rotatable bonds is 4. The Morgan fingerprint density at radius 3 is 2.15 bits per heavy atom. The van der Waals surface area contributed by atoms with Crippen molar-refractivity contribution in [2.24, 2.45) is 5.92 Å². The minimum absolute atomic E-state index is 0. The van der Waals surface area contributed by atoms with Crippen molar-refractivity contribution in [2.75, 3.05) is 7.11 Å². The first-order valence-electron chi connectivity index (χ1n) is 3.96. The van der Waals surface area contributed by atoms with Crippen molar-refractivity contribution < 1.29 is 36.4 Å². The summed E-state index contributed by atoms with van der Waals surface area (Å²) in [5.74, 6) is -0.191. The van der Waals surface area contributed by atoms with Crippen LogP contribution in [0.1, 0.15) is 20.8 Å². The van der Waals surface area contributed by atoms with E-state index in [1.165, 1.54) is 13.2 Å². The third-order valence-corrected chi connectivity index (χ3v) is 1.63. The fraction of sp³-hybridized carbons (Fsp3) is 0.667. The molecule has 4 heteroatoms. The van der Waals surface area contributed by atoms with Crippen LogP contribution < -0.4 is 0 Å². The second-order valence-electron chi connectivity index (χ2n) is 3.00. The van der Waals surface area contributed by atoms with E-state index in [1.807, 2.05) is 0 Å². The normalized spacial score (nSPS) is 13.8. The molecule has 0 aliphatic rings. The van der Waals surface area contributed by atoms with Crippen LogP contribution in [0.3, 0.4) is 0 Å². The van der Waals surface area contributed by atoms with Crippen molar-refractivity contribution >= 4 is 5.78 Å². The SMILES string of the molecule is COC(C)/C(O)=C/C(=O)C(C)C.[Ti]. The Bertz CT molecular complexity index is 187. The van der Waals surface area contributed by atoms with E-state index in [0.29, 0.717) is 0 Å². The van der Waals surface area contributed by atoms with Crippen LogP contribution in [-0.2, 0) is 31.2 Å². The van der Waals surface area contributed by atoms with Gasteiger partial charge >= 0.3 is 0 Å². The zero-order chi connectivity index (χ0) is 9.72. The van der Waals surface area contributed by atoms with Gasteiger partial charge in [0.05, 0.1) is 0 Å². The standard InChI is InChI=1S/C9H16O3.Ti/c1-6(2)8(10)5-9(11)7(3)12-4;/h5-7,11H,1-4H3;/b9-5-;. The zero-order valence-corrected chi connectivity index (χ0v) is 10.1. The summed E-state index contributed by atoms with van der Waals surface area (Å²) >= 11 is 0. The molecule has 0 aliphatic heterocycles. The third kappa shape index (κ3) is 6.02. The van der Waals surface area contributed by atoms with Gasteiger partial charge in [0.25, 0.3) is 0 Å². The van der Waals surface area contributed by atoms with E-state index < -0.39 is 6.10 Å². The van der Waals surface area contributed by atoms with Crippen LogP contribution >= 0.6 is 0 Å². The van der Waals surface area contributed by atoms with Gasteiger partial charge in [0.1, 0.15) is 11.9 Å². The van der Waals surface area contributed by atoms with Gasteiger partial charge in [-0.25, -0.2) is 0 Å². The molecule has 0 radical (unpaired) electrons. The summed E-state index contributed by atoms with van der Waals surface area (Å²) in [5, 5.41) is 9.25. The number of ketones is 1. The van der Waals surface area contributed by atoms with Gasteiger partial charge in [0, 0.05) is 40.8 Å². The molecule has 0 saturated heterocycles. The fourth-order valence-electron chi connectivity index (χ4n) is 0.551. The summed E-state index contributed by atoms with van der Waals surface area (Å²) in [6.07, 6.45) is 0.812. The summed E-state index contributed by atoms with van der Waals surface area (Å²) in [5.41, 5.74) is 0. The summed E-state index contributed by atoms with van der Waals surface area (Å²) in [6.45, 7) is 5.24. The van der Waals surface area contributed by atoms with E-state index >= 15 is 0 Å². The van der Waals surface area contributed by atoms with E-state index in [-0.39, 0.29) is 39.2 Å². The molecule has 0 bridgehead atoms. The van der Waals surface area contributed by atoms with Crippen LogP contribution in [-0.4, -0.2) is 24.1 Å². The van der Waals surface area contributed by atoms with Gasteiger partial charge in [0.2, 0.25) is 0 Å². The number of carbonyl (C=O) groups is 1. The van der Waals surface area contributed by atoms with Gasteiger partial charge in [0.15, 0.2) is 5.78 Å². The van der Waals surface area contributed by atoms with E-state index in [0.717, 1.165) is 0 Å². The molecule has 0 rings (SSSR count). The molecule has 0 amide bonds. The van der Waals surface area contributed by atoms with Crippen LogP contribution in [0.25, 0.3) is 0 Å². The van der Waals surface area contributed by atoms with E-state index in [9.17, 15) is 9.90 Å². The second kappa shape index (κ2) is 7.30. The Kier molecular flexibility index (Phi) is 8.63. The average molecular weight is 220 g/mol. The van der Waals surface area contributed by atoms with Gasteiger partial charge in [-0.2, -0.15) is 0 Å². The topological polar surface area (TPSA) is 46.5 Å². The van der Waals surface area contributed by atoms with E-state index in [2.05, 4.69) is 0 Å². The largest absolute Gasteiger partial charge is 0.509 e. The van der Waals surface area contributed by atoms with Gasteiger partial charge in [-0.15, -0.1) is 0 Å². The predicted octanol–water partition coefficient (Wildman–Crippen LogP) is 1.69. The van der Waals surface area contributed by atoms with Gasteiger partial charge in [-0.05, 0) is 6.92 Å². The maximum absolute atomic E-state index is 11.1. The molecule has 0 aromatic carbocycles. The molecule has 0 heterocycles. The third-order valence-electron chi connectivity index (χ3n) is 1.63. The molecule has 0 aliphatic carbocycles. The number of methoxy groups -OCH3 is 1. The molecule has 13 heavy (non-hydrogen) atoms. The van der Waals surface area contributed by atoms with Crippen molar-refractivity contribution in [3.63, 3.8) is 0 Å². The number of aliphatic hydroxyl groups excluding tert-OH is 1. The number of hydrogen-bond acceptors (Lipinski definition) is 3. The molecular formula is C9H16O3Ti. The Balaban J connectivity index is 0. The first-order chi connectivity index (χ1) is 5.49. The van der Waals surface area contributed by atoms with E-state index in [1.54, 1.807) is 20.8 Å². The Morgan fingerprint density at radius 2 is 1.85 bits per heavy atom. The van der Waals surface area contributed by atoms with Crippen LogP contribution in [0.4, 0.5) is 0 Å². The molecule has 0 spiro atoms. The van der Waals surface area contributed by atoms with Crippen LogP contribution in [0, 0.1) is 5.92 Å². The van der Waals surface area contributed by atoms with Gasteiger partial charge in [-0.3, -0.25) is 4.79 Å². The molecule has 0 saturated carbocycles. The van der Waals surface area contributed by atoms with Crippen molar-refractivity contribution in [1.82, 2.24) is 0 Å². The molecule has 3 nitrogen and oxygen atoms in total. The fourth-order valence-corrected chi connectivity index (χ4v) is 0.551. The Labute approximate surface area is 94.0 Å². The summed E-state index contributed by atoms with van der Waals surface area (Å²) in [4.78, 5) is 11.1. The van der Waals surface area contributed by atoms with E-state index in [4.69, 9.17) is 4.74 Å². The summed E-state index contributed by atoms with van der Waals surface area (Å²) in [7, 11) is 1.48.